The quantitative estimate of drug-likeness (QED) is 0.352. The van der Waals surface area contributed by atoms with E-state index in [1.165, 1.54) is 11.8 Å². The standard InChI is InChI=1S/C18H18ClN5OS/c1-12(13-7-5-8-15(10-13)25-2)21-22-17-20-18(24-23-17)26-11-14-6-3-4-9-16(14)19/h3-10H,11H2,1-2H3,(H2,20,22,23,24)/b21-12+. The van der Waals surface area contributed by atoms with Gasteiger partial charge in [0.15, 0.2) is 0 Å². The van der Waals surface area contributed by atoms with E-state index in [4.69, 9.17) is 16.3 Å². The maximum atomic E-state index is 6.16. The second-order valence-electron chi connectivity index (χ2n) is 5.39. The Kier molecular flexibility index (Phi) is 6.14. The summed E-state index contributed by atoms with van der Waals surface area (Å²) in [6.07, 6.45) is 0. The van der Waals surface area contributed by atoms with Crippen molar-refractivity contribution in [2.45, 2.75) is 17.8 Å². The maximum Gasteiger partial charge on any atom is 0.240 e. The second kappa shape index (κ2) is 8.73. The molecule has 2 N–H and O–H groups in total. The van der Waals surface area contributed by atoms with Gasteiger partial charge in [0.2, 0.25) is 11.1 Å². The summed E-state index contributed by atoms with van der Waals surface area (Å²) in [6, 6.07) is 15.4. The molecule has 0 saturated carbocycles. The molecule has 0 unspecified atom stereocenters. The van der Waals surface area contributed by atoms with Crippen molar-refractivity contribution >= 4 is 35.0 Å². The molecule has 0 radical (unpaired) electrons. The monoisotopic (exact) mass is 387 g/mol. The number of rotatable bonds is 7. The lowest BCUT2D eigenvalue weighted by atomic mass is 10.1. The van der Waals surface area contributed by atoms with Crippen LogP contribution in [0.2, 0.25) is 5.02 Å². The molecule has 2 aromatic carbocycles. The molecule has 0 bridgehead atoms. The average molecular weight is 388 g/mol. The summed E-state index contributed by atoms with van der Waals surface area (Å²) in [5.41, 5.74) is 5.71. The zero-order valence-electron chi connectivity index (χ0n) is 14.4. The number of nitrogens with zero attached hydrogens (tertiary/aromatic N) is 3. The third kappa shape index (κ3) is 4.77. The Bertz CT molecular complexity index is 912. The Morgan fingerprint density at radius 2 is 2.12 bits per heavy atom. The number of anilines is 1. The molecule has 3 rings (SSSR count). The van der Waals surface area contributed by atoms with Gasteiger partial charge < -0.3 is 4.74 Å². The van der Waals surface area contributed by atoms with Crippen molar-refractivity contribution in [3.05, 3.63) is 64.7 Å². The van der Waals surface area contributed by atoms with Gasteiger partial charge in [0.1, 0.15) is 5.75 Å². The van der Waals surface area contributed by atoms with Crippen LogP contribution in [0.1, 0.15) is 18.1 Å². The van der Waals surface area contributed by atoms with Crippen molar-refractivity contribution in [1.29, 1.82) is 0 Å². The molecule has 0 aliphatic heterocycles. The van der Waals surface area contributed by atoms with E-state index in [-0.39, 0.29) is 0 Å². The van der Waals surface area contributed by atoms with Gasteiger partial charge in [-0.2, -0.15) is 10.1 Å². The highest BCUT2D eigenvalue weighted by atomic mass is 35.5. The zero-order valence-corrected chi connectivity index (χ0v) is 15.9. The first kappa shape index (κ1) is 18.3. The number of methoxy groups -OCH3 is 1. The van der Waals surface area contributed by atoms with Gasteiger partial charge in [0, 0.05) is 16.3 Å². The zero-order chi connectivity index (χ0) is 18.4. The predicted molar refractivity (Wildman–Crippen MR) is 106 cm³/mol. The fourth-order valence-corrected chi connectivity index (χ4v) is 3.25. The van der Waals surface area contributed by atoms with Gasteiger partial charge in [-0.3, -0.25) is 0 Å². The Balaban J connectivity index is 1.60. The minimum atomic E-state index is 0.480. The fraction of sp³-hybridized carbons (Fsp3) is 0.167. The highest BCUT2D eigenvalue weighted by Gasteiger charge is 2.06. The summed E-state index contributed by atoms with van der Waals surface area (Å²) in [5, 5.41) is 12.7. The Morgan fingerprint density at radius 1 is 1.27 bits per heavy atom. The topological polar surface area (TPSA) is 75.2 Å². The van der Waals surface area contributed by atoms with Crippen molar-refractivity contribution in [3.8, 4) is 5.75 Å². The molecule has 1 heterocycles. The largest absolute Gasteiger partial charge is 0.497 e. The SMILES string of the molecule is COc1cccc(/C(C)=N/Nc2nc(SCc3ccccc3Cl)n[nH]2)c1. The smallest absolute Gasteiger partial charge is 0.240 e. The van der Waals surface area contributed by atoms with Gasteiger partial charge in [-0.1, -0.05) is 53.7 Å². The van der Waals surface area contributed by atoms with Crippen LogP contribution >= 0.6 is 23.4 Å². The number of aromatic nitrogens is 3. The van der Waals surface area contributed by atoms with Crippen molar-refractivity contribution < 1.29 is 4.74 Å². The van der Waals surface area contributed by atoms with E-state index >= 15 is 0 Å². The summed E-state index contributed by atoms with van der Waals surface area (Å²) in [7, 11) is 1.64. The first-order chi connectivity index (χ1) is 12.7. The lowest BCUT2D eigenvalue weighted by Crippen LogP contribution is -2.01. The van der Waals surface area contributed by atoms with E-state index in [9.17, 15) is 0 Å². The first-order valence-corrected chi connectivity index (χ1v) is 9.25. The van der Waals surface area contributed by atoms with Crippen LogP contribution in [-0.2, 0) is 5.75 Å². The maximum absolute atomic E-state index is 6.16. The fourth-order valence-electron chi connectivity index (χ4n) is 2.17. The van der Waals surface area contributed by atoms with Crippen LogP contribution < -0.4 is 10.2 Å². The van der Waals surface area contributed by atoms with E-state index in [0.29, 0.717) is 16.9 Å². The lowest BCUT2D eigenvalue weighted by molar-refractivity contribution is 0.414. The molecule has 0 amide bonds. The third-order valence-corrected chi connectivity index (χ3v) is 4.86. The average Bonchev–Trinajstić information content (AvgIpc) is 3.13. The lowest BCUT2D eigenvalue weighted by Gasteiger charge is -2.04. The number of H-pyrrole nitrogens is 1. The number of benzene rings is 2. The molecular formula is C18H18ClN5OS. The number of halogens is 1. The second-order valence-corrected chi connectivity index (χ2v) is 6.74. The molecule has 0 aliphatic rings. The van der Waals surface area contributed by atoms with E-state index in [0.717, 1.165) is 27.6 Å². The molecule has 1 aromatic heterocycles. The Labute approximate surface area is 161 Å². The number of nitrogens with one attached hydrogen (secondary N) is 2. The van der Waals surface area contributed by atoms with Crippen LogP contribution in [-0.4, -0.2) is 28.0 Å². The first-order valence-electron chi connectivity index (χ1n) is 7.89. The van der Waals surface area contributed by atoms with Crippen LogP contribution in [0.3, 0.4) is 0 Å². The van der Waals surface area contributed by atoms with Crippen LogP contribution in [0, 0.1) is 0 Å². The summed E-state index contributed by atoms with van der Waals surface area (Å²) >= 11 is 7.66. The van der Waals surface area contributed by atoms with Gasteiger partial charge in [0.25, 0.3) is 0 Å². The van der Waals surface area contributed by atoms with E-state index in [1.807, 2.05) is 55.5 Å². The van der Waals surface area contributed by atoms with Crippen LogP contribution in [0.25, 0.3) is 0 Å². The van der Waals surface area contributed by atoms with Crippen molar-refractivity contribution in [1.82, 2.24) is 15.2 Å². The molecule has 8 heteroatoms. The highest BCUT2D eigenvalue weighted by Crippen LogP contribution is 2.24. The molecule has 0 saturated heterocycles. The van der Waals surface area contributed by atoms with Crippen molar-refractivity contribution in [3.63, 3.8) is 0 Å². The van der Waals surface area contributed by atoms with Crippen LogP contribution in [0.5, 0.6) is 5.75 Å². The van der Waals surface area contributed by atoms with Crippen LogP contribution in [0.15, 0.2) is 58.8 Å². The molecule has 0 fully saturated rings. The number of hydrogen-bond acceptors (Lipinski definition) is 6. The van der Waals surface area contributed by atoms with Crippen LogP contribution in [0.4, 0.5) is 5.95 Å². The third-order valence-electron chi connectivity index (χ3n) is 3.60. The Hall–Kier alpha value is -2.51. The molecule has 6 nitrogen and oxygen atoms in total. The van der Waals surface area contributed by atoms with E-state index in [2.05, 4.69) is 25.7 Å². The predicted octanol–water partition coefficient (Wildman–Crippen LogP) is 4.60. The van der Waals surface area contributed by atoms with Gasteiger partial charge in [-0.15, -0.1) is 5.10 Å². The summed E-state index contributed by atoms with van der Waals surface area (Å²) in [5.74, 6) is 1.96. The molecule has 26 heavy (non-hydrogen) atoms. The van der Waals surface area contributed by atoms with Crippen molar-refractivity contribution in [2.24, 2.45) is 5.10 Å². The number of thioether (sulfide) groups is 1. The van der Waals surface area contributed by atoms with Gasteiger partial charge in [-0.25, -0.2) is 10.5 Å². The number of hydrogen-bond donors (Lipinski definition) is 2. The Morgan fingerprint density at radius 3 is 2.92 bits per heavy atom. The number of hydrazone groups is 1. The molecule has 0 aliphatic carbocycles. The molecule has 3 aromatic rings. The summed E-state index contributed by atoms with van der Waals surface area (Å²) in [4.78, 5) is 4.36. The molecule has 0 atom stereocenters. The van der Waals surface area contributed by atoms with E-state index in [1.54, 1.807) is 7.11 Å². The van der Waals surface area contributed by atoms with Gasteiger partial charge in [-0.05, 0) is 30.7 Å². The molecule has 134 valence electrons. The van der Waals surface area contributed by atoms with E-state index < -0.39 is 0 Å². The normalized spacial score (nSPS) is 11.4. The number of aromatic amines is 1. The molecule has 0 spiro atoms. The van der Waals surface area contributed by atoms with Gasteiger partial charge in [0.05, 0.1) is 12.8 Å². The molecular weight excluding hydrogens is 370 g/mol. The van der Waals surface area contributed by atoms with Gasteiger partial charge >= 0.3 is 0 Å². The minimum absolute atomic E-state index is 0.480. The minimum Gasteiger partial charge on any atom is -0.497 e. The highest BCUT2D eigenvalue weighted by molar-refractivity contribution is 7.98. The number of ether oxygens (including phenoxy) is 1. The summed E-state index contributed by atoms with van der Waals surface area (Å²) < 4.78 is 5.23. The summed E-state index contributed by atoms with van der Waals surface area (Å²) in [6.45, 7) is 1.91. The van der Waals surface area contributed by atoms with Crippen molar-refractivity contribution in [2.75, 3.05) is 12.5 Å².